The molecular weight excluding hydrogens is 406 g/mol. The molecule has 0 saturated carbocycles. The molecule has 3 aromatic carbocycles. The van der Waals surface area contributed by atoms with Crippen LogP contribution >= 0.6 is 0 Å². The van der Waals surface area contributed by atoms with Crippen LogP contribution in [0.3, 0.4) is 0 Å². The fourth-order valence-electron chi connectivity index (χ4n) is 3.60. The Kier molecular flexibility index (Phi) is 6.77. The van der Waals surface area contributed by atoms with Crippen molar-refractivity contribution in [2.24, 2.45) is 0 Å². The van der Waals surface area contributed by atoms with Gasteiger partial charge in [-0.2, -0.15) is 0 Å². The van der Waals surface area contributed by atoms with Gasteiger partial charge >= 0.3 is 0 Å². The van der Waals surface area contributed by atoms with Gasteiger partial charge < -0.3 is 20.7 Å². The molecule has 7 heteroatoms. The van der Waals surface area contributed by atoms with Gasteiger partial charge in [0.15, 0.2) is 0 Å². The summed E-state index contributed by atoms with van der Waals surface area (Å²) in [6, 6.07) is 20.1. The number of hydrogen-bond acceptors (Lipinski definition) is 4. The van der Waals surface area contributed by atoms with E-state index in [0.29, 0.717) is 36.5 Å². The van der Waals surface area contributed by atoms with Gasteiger partial charge in [0.2, 0.25) is 5.91 Å². The minimum Gasteiger partial charge on any atom is -0.368 e. The van der Waals surface area contributed by atoms with Crippen molar-refractivity contribution in [1.82, 2.24) is 10.6 Å². The second-order valence-corrected chi connectivity index (χ2v) is 7.64. The van der Waals surface area contributed by atoms with Crippen LogP contribution in [0.4, 0.5) is 5.69 Å². The van der Waals surface area contributed by atoms with Crippen molar-refractivity contribution in [3.8, 4) is 0 Å². The molecule has 1 unspecified atom stereocenters. The van der Waals surface area contributed by atoms with Crippen LogP contribution in [-0.2, 0) is 9.53 Å². The zero-order valence-corrected chi connectivity index (χ0v) is 17.6. The molecule has 3 N–H and O–H groups in total. The highest BCUT2D eigenvalue weighted by atomic mass is 16.5. The van der Waals surface area contributed by atoms with Crippen molar-refractivity contribution in [2.75, 3.05) is 25.0 Å². The number of anilines is 1. The molecule has 0 aliphatic carbocycles. The van der Waals surface area contributed by atoms with Crippen LogP contribution < -0.4 is 16.0 Å². The average Bonchev–Trinajstić information content (AvgIpc) is 3.37. The first-order valence-corrected chi connectivity index (χ1v) is 10.7. The van der Waals surface area contributed by atoms with E-state index in [2.05, 4.69) is 16.0 Å². The highest BCUT2D eigenvalue weighted by Crippen LogP contribution is 2.17. The summed E-state index contributed by atoms with van der Waals surface area (Å²) in [6.07, 6.45) is 1.26. The predicted octanol–water partition coefficient (Wildman–Crippen LogP) is 3.12. The lowest BCUT2D eigenvalue weighted by Gasteiger charge is -2.11. The number of amides is 3. The summed E-state index contributed by atoms with van der Waals surface area (Å²) in [7, 11) is 0. The molecule has 3 aromatic rings. The van der Waals surface area contributed by atoms with E-state index in [1.807, 2.05) is 36.4 Å². The quantitative estimate of drug-likeness (QED) is 0.501. The molecule has 1 heterocycles. The second kappa shape index (κ2) is 10.1. The third kappa shape index (κ3) is 5.31. The molecule has 1 saturated heterocycles. The van der Waals surface area contributed by atoms with Crippen molar-refractivity contribution in [3.63, 3.8) is 0 Å². The topological polar surface area (TPSA) is 96.5 Å². The molecule has 1 fully saturated rings. The maximum atomic E-state index is 12.6. The van der Waals surface area contributed by atoms with Gasteiger partial charge in [0, 0.05) is 36.5 Å². The molecular formula is C25H25N3O4. The molecule has 0 aromatic heterocycles. The number of carbonyl (C=O) groups excluding carboxylic acids is 3. The zero-order chi connectivity index (χ0) is 22.3. The molecule has 0 spiro atoms. The summed E-state index contributed by atoms with van der Waals surface area (Å²) >= 11 is 0. The largest absolute Gasteiger partial charge is 0.368 e. The normalized spacial score (nSPS) is 15.3. The van der Waals surface area contributed by atoms with E-state index in [1.54, 1.807) is 30.3 Å². The van der Waals surface area contributed by atoms with Crippen molar-refractivity contribution in [3.05, 3.63) is 77.9 Å². The lowest BCUT2D eigenvalue weighted by molar-refractivity contribution is -0.129. The van der Waals surface area contributed by atoms with Crippen LogP contribution in [0.25, 0.3) is 10.8 Å². The number of ether oxygens (including phenoxy) is 1. The molecule has 164 valence electrons. The molecule has 1 aliphatic heterocycles. The Labute approximate surface area is 186 Å². The fourth-order valence-corrected chi connectivity index (χ4v) is 3.60. The van der Waals surface area contributed by atoms with Gasteiger partial charge in [-0.3, -0.25) is 14.4 Å². The Hall–Kier alpha value is -3.71. The van der Waals surface area contributed by atoms with E-state index in [0.717, 1.165) is 23.6 Å². The Morgan fingerprint density at radius 1 is 0.812 bits per heavy atom. The number of carbonyl (C=O) groups is 3. The molecule has 32 heavy (non-hydrogen) atoms. The van der Waals surface area contributed by atoms with Gasteiger partial charge in [0.1, 0.15) is 6.10 Å². The Bertz CT molecular complexity index is 1120. The SMILES string of the molecule is O=C(NCCNC(=O)C1CCCO1)c1ccc(NC(=O)c2ccc3ccccc3c2)cc1. The molecule has 1 atom stereocenters. The second-order valence-electron chi connectivity index (χ2n) is 7.64. The smallest absolute Gasteiger partial charge is 0.255 e. The lowest BCUT2D eigenvalue weighted by atomic mass is 10.1. The summed E-state index contributed by atoms with van der Waals surface area (Å²) in [6.45, 7) is 1.27. The van der Waals surface area contributed by atoms with Gasteiger partial charge in [-0.25, -0.2) is 0 Å². The van der Waals surface area contributed by atoms with Crippen LogP contribution in [0.5, 0.6) is 0 Å². The Morgan fingerprint density at radius 2 is 1.53 bits per heavy atom. The predicted molar refractivity (Wildman–Crippen MR) is 123 cm³/mol. The minimum absolute atomic E-state index is 0.136. The first-order valence-electron chi connectivity index (χ1n) is 10.7. The minimum atomic E-state index is -0.372. The van der Waals surface area contributed by atoms with Gasteiger partial charge in [-0.05, 0) is 60.0 Å². The van der Waals surface area contributed by atoms with Crippen molar-refractivity contribution >= 4 is 34.2 Å². The number of benzene rings is 3. The highest BCUT2D eigenvalue weighted by Gasteiger charge is 2.22. The maximum Gasteiger partial charge on any atom is 0.255 e. The van der Waals surface area contributed by atoms with Crippen LogP contribution in [0.15, 0.2) is 66.7 Å². The summed E-state index contributed by atoms with van der Waals surface area (Å²) < 4.78 is 5.32. The van der Waals surface area contributed by atoms with Crippen molar-refractivity contribution < 1.29 is 19.1 Å². The number of nitrogens with one attached hydrogen (secondary N) is 3. The summed E-state index contributed by atoms with van der Waals surface area (Å²) in [5.41, 5.74) is 1.64. The van der Waals surface area contributed by atoms with Crippen molar-refractivity contribution in [1.29, 1.82) is 0 Å². The third-order valence-electron chi connectivity index (χ3n) is 5.35. The maximum absolute atomic E-state index is 12.6. The van der Waals surface area contributed by atoms with E-state index >= 15 is 0 Å². The van der Waals surface area contributed by atoms with Crippen LogP contribution in [0.2, 0.25) is 0 Å². The fraction of sp³-hybridized carbons (Fsp3) is 0.240. The van der Waals surface area contributed by atoms with Gasteiger partial charge in [-0.1, -0.05) is 30.3 Å². The van der Waals surface area contributed by atoms with E-state index in [4.69, 9.17) is 4.74 Å². The van der Waals surface area contributed by atoms with Gasteiger partial charge in [0.05, 0.1) is 0 Å². The van der Waals surface area contributed by atoms with E-state index in [1.165, 1.54) is 0 Å². The first-order chi connectivity index (χ1) is 15.6. The number of fused-ring (bicyclic) bond motifs is 1. The standard InChI is InChI=1S/C25H25N3O4/c29-23(26-13-14-27-25(31)22-6-3-15-32-22)18-9-11-21(12-10-18)28-24(30)20-8-7-17-4-1-2-5-19(17)16-20/h1-2,4-5,7-12,16,22H,3,6,13-15H2,(H,26,29)(H,27,31)(H,28,30). The highest BCUT2D eigenvalue weighted by molar-refractivity contribution is 6.06. The van der Waals surface area contributed by atoms with E-state index < -0.39 is 0 Å². The Balaban J connectivity index is 1.26. The summed E-state index contributed by atoms with van der Waals surface area (Å²) in [4.78, 5) is 36.7. The first kappa shape index (κ1) is 21.5. The van der Waals surface area contributed by atoms with Gasteiger partial charge in [-0.15, -0.1) is 0 Å². The Morgan fingerprint density at radius 3 is 2.28 bits per heavy atom. The number of rotatable bonds is 7. The molecule has 4 rings (SSSR count). The van der Waals surface area contributed by atoms with Crippen LogP contribution in [0.1, 0.15) is 33.6 Å². The lowest BCUT2D eigenvalue weighted by Crippen LogP contribution is -2.39. The molecule has 1 aliphatic rings. The summed E-state index contributed by atoms with van der Waals surface area (Å²) in [5, 5.41) is 10.5. The van der Waals surface area contributed by atoms with E-state index in [9.17, 15) is 14.4 Å². The van der Waals surface area contributed by atoms with Gasteiger partial charge in [0.25, 0.3) is 11.8 Å². The van der Waals surface area contributed by atoms with Crippen LogP contribution in [-0.4, -0.2) is 43.5 Å². The third-order valence-corrected chi connectivity index (χ3v) is 5.35. The van der Waals surface area contributed by atoms with Crippen molar-refractivity contribution in [2.45, 2.75) is 18.9 Å². The van der Waals surface area contributed by atoms with E-state index in [-0.39, 0.29) is 23.8 Å². The molecule has 3 amide bonds. The van der Waals surface area contributed by atoms with Crippen LogP contribution in [0, 0.1) is 0 Å². The molecule has 7 nitrogen and oxygen atoms in total. The molecule has 0 radical (unpaired) electrons. The molecule has 0 bridgehead atoms. The zero-order valence-electron chi connectivity index (χ0n) is 17.6. The monoisotopic (exact) mass is 431 g/mol. The summed E-state index contributed by atoms with van der Waals surface area (Å²) in [5.74, 6) is -0.595. The average molecular weight is 431 g/mol. The number of hydrogen-bond donors (Lipinski definition) is 3.